The molecule has 1 aromatic carbocycles. The van der Waals surface area contributed by atoms with Gasteiger partial charge < -0.3 is 14.7 Å². The van der Waals surface area contributed by atoms with Crippen LogP contribution >= 0.6 is 7.60 Å². The Bertz CT molecular complexity index is 677. The van der Waals surface area contributed by atoms with E-state index in [-0.39, 0.29) is 12.5 Å². The molecule has 0 bridgehead atoms. The van der Waals surface area contributed by atoms with Gasteiger partial charge in [0.2, 0.25) is 5.91 Å². The summed E-state index contributed by atoms with van der Waals surface area (Å²) in [7, 11) is -4.54. The van der Waals surface area contributed by atoms with Crippen LogP contribution in [-0.4, -0.2) is 32.3 Å². The number of hydrogen-bond donors (Lipinski definition) is 2. The van der Waals surface area contributed by atoms with Gasteiger partial charge in [-0.25, -0.2) is 8.78 Å². The van der Waals surface area contributed by atoms with E-state index < -0.39 is 36.8 Å². The Morgan fingerprint density at radius 3 is 2.48 bits per heavy atom. The van der Waals surface area contributed by atoms with E-state index in [0.717, 1.165) is 12.1 Å². The van der Waals surface area contributed by atoms with Gasteiger partial charge in [0.15, 0.2) is 11.6 Å². The maximum absolute atomic E-state index is 13.5. The summed E-state index contributed by atoms with van der Waals surface area (Å²) in [5.41, 5.74) is -0.871. The Kier molecular flexibility index (Phi) is 4.29. The molecule has 2 N–H and O–H groups in total. The highest BCUT2D eigenvalue weighted by atomic mass is 31.2. The van der Waals surface area contributed by atoms with Crippen LogP contribution in [0.3, 0.4) is 0 Å². The Morgan fingerprint density at radius 1 is 1.09 bits per heavy atom. The second-order valence-corrected chi connectivity index (χ2v) is 8.00. The van der Waals surface area contributed by atoms with Gasteiger partial charge >= 0.3 is 7.60 Å². The van der Waals surface area contributed by atoms with Crippen LogP contribution < -0.4 is 0 Å². The summed E-state index contributed by atoms with van der Waals surface area (Å²) in [6.07, 6.45) is 2.66. The van der Waals surface area contributed by atoms with E-state index in [2.05, 4.69) is 0 Å². The van der Waals surface area contributed by atoms with E-state index in [1.54, 1.807) is 0 Å². The smallest absolute Gasteiger partial charge is 0.332 e. The van der Waals surface area contributed by atoms with Crippen LogP contribution in [0.1, 0.15) is 43.7 Å². The van der Waals surface area contributed by atoms with Crippen molar-refractivity contribution in [2.24, 2.45) is 0 Å². The highest BCUT2D eigenvalue weighted by molar-refractivity contribution is 7.53. The summed E-state index contributed by atoms with van der Waals surface area (Å²) in [5, 5.41) is 0. The highest BCUT2D eigenvalue weighted by Crippen LogP contribution is 2.49. The molecule has 2 aliphatic heterocycles. The molecule has 2 fully saturated rings. The number of fused-ring (bicyclic) bond motifs is 1. The third-order valence-electron chi connectivity index (χ3n) is 4.79. The first-order valence-corrected chi connectivity index (χ1v) is 9.29. The normalized spacial score (nSPS) is 28.6. The molecule has 0 aromatic heterocycles. The zero-order valence-corrected chi connectivity index (χ0v) is 13.3. The number of carbonyl (C=O) groups excluding carboxylic acids is 1. The van der Waals surface area contributed by atoms with E-state index in [1.807, 2.05) is 0 Å². The summed E-state index contributed by atoms with van der Waals surface area (Å²) in [6, 6.07) is 2.94. The third kappa shape index (κ3) is 3.05. The lowest BCUT2D eigenvalue weighted by atomic mass is 10.0. The van der Waals surface area contributed by atoms with Gasteiger partial charge in [0, 0.05) is 6.04 Å². The van der Waals surface area contributed by atoms with Gasteiger partial charge in [-0.3, -0.25) is 9.36 Å². The van der Waals surface area contributed by atoms with Crippen LogP contribution in [0.5, 0.6) is 0 Å². The molecule has 0 spiro atoms. The van der Waals surface area contributed by atoms with Gasteiger partial charge in [0.05, 0.1) is 6.04 Å². The molecule has 2 heterocycles. The fourth-order valence-electron chi connectivity index (χ4n) is 3.70. The van der Waals surface area contributed by atoms with Gasteiger partial charge in [0.25, 0.3) is 0 Å². The maximum atomic E-state index is 13.5. The Balaban J connectivity index is 1.96. The van der Waals surface area contributed by atoms with E-state index in [0.29, 0.717) is 31.2 Å². The molecule has 23 heavy (non-hydrogen) atoms. The molecule has 0 saturated carbocycles. The molecule has 1 amide bonds. The van der Waals surface area contributed by atoms with Crippen molar-refractivity contribution >= 4 is 13.5 Å². The number of rotatable bonds is 2. The number of amides is 1. The third-order valence-corrected chi connectivity index (χ3v) is 6.08. The monoisotopic (exact) mass is 345 g/mol. The molecule has 2 saturated heterocycles. The molecule has 3 rings (SSSR count). The minimum atomic E-state index is -4.54. The molecule has 126 valence electrons. The minimum Gasteiger partial charge on any atom is -0.332 e. The van der Waals surface area contributed by atoms with Gasteiger partial charge in [0.1, 0.15) is 5.66 Å². The van der Waals surface area contributed by atoms with Crippen LogP contribution in [0.4, 0.5) is 8.78 Å². The highest BCUT2D eigenvalue weighted by Gasteiger charge is 2.47. The second-order valence-electron chi connectivity index (χ2n) is 6.20. The van der Waals surface area contributed by atoms with Crippen molar-refractivity contribution in [1.29, 1.82) is 0 Å². The zero-order chi connectivity index (χ0) is 16.8. The largest absolute Gasteiger partial charge is 0.337 e. The predicted molar refractivity (Wildman–Crippen MR) is 78.7 cm³/mol. The van der Waals surface area contributed by atoms with Gasteiger partial charge in [-0.2, -0.15) is 0 Å². The summed E-state index contributed by atoms with van der Waals surface area (Å²) in [5.74, 6) is -2.52. The van der Waals surface area contributed by atoms with E-state index in [9.17, 15) is 27.9 Å². The lowest BCUT2D eigenvalue weighted by Gasteiger charge is -2.31. The molecule has 2 aliphatic rings. The van der Waals surface area contributed by atoms with Crippen molar-refractivity contribution in [2.75, 3.05) is 0 Å². The number of hydrogen-bond acceptors (Lipinski definition) is 2. The fourth-order valence-corrected chi connectivity index (χ4v) is 4.64. The molecule has 1 aromatic rings. The van der Waals surface area contributed by atoms with Crippen LogP contribution in [0.2, 0.25) is 0 Å². The number of carbonyl (C=O) groups is 1. The average molecular weight is 345 g/mol. The number of halogens is 2. The molecule has 8 heteroatoms. The summed E-state index contributed by atoms with van der Waals surface area (Å²) < 4.78 is 38.2. The maximum Gasteiger partial charge on any atom is 0.337 e. The topological polar surface area (TPSA) is 77.8 Å². The molecule has 0 radical (unpaired) electrons. The molecular weight excluding hydrogens is 327 g/mol. The van der Waals surface area contributed by atoms with Crippen molar-refractivity contribution < 1.29 is 27.9 Å². The Labute approximate surface area is 132 Å². The predicted octanol–water partition coefficient (Wildman–Crippen LogP) is 2.73. The van der Waals surface area contributed by atoms with Crippen molar-refractivity contribution in [3.05, 3.63) is 35.4 Å². The molecular formula is C15H18F2NO4P. The summed E-state index contributed by atoms with van der Waals surface area (Å²) >= 11 is 0. The van der Waals surface area contributed by atoms with Gasteiger partial charge in [-0.1, -0.05) is 6.07 Å². The van der Waals surface area contributed by atoms with Crippen LogP contribution in [0.15, 0.2) is 18.2 Å². The van der Waals surface area contributed by atoms with Crippen molar-refractivity contribution in [3.63, 3.8) is 0 Å². The Hall–Kier alpha value is -1.30. The first-order chi connectivity index (χ1) is 10.8. The minimum absolute atomic E-state index is 0.0998. The van der Waals surface area contributed by atoms with Gasteiger partial charge in [-0.15, -0.1) is 0 Å². The van der Waals surface area contributed by atoms with Crippen LogP contribution in [0.25, 0.3) is 0 Å². The van der Waals surface area contributed by atoms with Crippen molar-refractivity contribution in [1.82, 2.24) is 4.90 Å². The molecule has 0 aliphatic carbocycles. The summed E-state index contributed by atoms with van der Waals surface area (Å²) in [4.78, 5) is 33.1. The number of nitrogens with zero attached hydrogens (tertiary/aromatic N) is 1. The molecule has 3 atom stereocenters. The van der Waals surface area contributed by atoms with Crippen LogP contribution in [-0.2, 0) is 9.36 Å². The zero-order valence-electron chi connectivity index (χ0n) is 12.4. The van der Waals surface area contributed by atoms with Crippen molar-refractivity contribution in [2.45, 2.75) is 49.8 Å². The first-order valence-electron chi connectivity index (χ1n) is 7.61. The quantitative estimate of drug-likeness (QED) is 0.808. The summed E-state index contributed by atoms with van der Waals surface area (Å²) in [6.45, 7) is 0. The molecule has 1 unspecified atom stereocenters. The van der Waals surface area contributed by atoms with E-state index in [4.69, 9.17) is 0 Å². The van der Waals surface area contributed by atoms with Crippen LogP contribution in [0, 0.1) is 11.6 Å². The van der Waals surface area contributed by atoms with E-state index in [1.165, 1.54) is 11.0 Å². The standard InChI is InChI=1S/C15H18F2NO4P/c16-11-6-4-9(8-12(11)17)13-7-5-10-2-1-3-14(23(20,21)22)15(19)18(10)13/h4,6,8,10,13-14H,1-3,5,7H2,(H2,20,21,22)/t10-,13-,14?/m0/s1. The lowest BCUT2D eigenvalue weighted by molar-refractivity contribution is -0.133. The Morgan fingerprint density at radius 2 is 1.83 bits per heavy atom. The van der Waals surface area contributed by atoms with Crippen molar-refractivity contribution in [3.8, 4) is 0 Å². The molecule has 5 nitrogen and oxygen atoms in total. The number of benzene rings is 1. The van der Waals surface area contributed by atoms with Gasteiger partial charge in [-0.05, 0) is 49.8 Å². The SMILES string of the molecule is O=C1C(P(=O)(O)O)CCC[C@H]2CC[C@@H](c3ccc(F)c(F)c3)N12. The first kappa shape index (κ1) is 16.6. The second kappa shape index (κ2) is 5.96. The lowest BCUT2D eigenvalue weighted by Crippen LogP contribution is -2.41. The van der Waals surface area contributed by atoms with E-state index >= 15 is 0 Å². The fraction of sp³-hybridized carbons (Fsp3) is 0.533. The average Bonchev–Trinajstić information content (AvgIpc) is 2.81.